The second kappa shape index (κ2) is 8.20. The number of sulfonamides is 1. The van der Waals surface area contributed by atoms with Gasteiger partial charge in [-0.1, -0.05) is 23.3 Å². The molecule has 1 aliphatic rings. The molecule has 4 rings (SSSR count). The summed E-state index contributed by atoms with van der Waals surface area (Å²) in [6.07, 6.45) is 1.31. The summed E-state index contributed by atoms with van der Waals surface area (Å²) in [6.45, 7) is 1.30. The van der Waals surface area contributed by atoms with Crippen LogP contribution in [0.3, 0.4) is 0 Å². The number of anilines is 2. The van der Waals surface area contributed by atoms with E-state index in [1.807, 2.05) is 30.3 Å². The van der Waals surface area contributed by atoms with E-state index in [-0.39, 0.29) is 16.7 Å². The number of primary sulfonamides is 1. The van der Waals surface area contributed by atoms with Gasteiger partial charge in [0.05, 0.1) is 10.6 Å². The fourth-order valence-electron chi connectivity index (χ4n) is 3.43. The minimum absolute atomic E-state index is 0.00458. The first kappa shape index (κ1) is 20.0. The van der Waals surface area contributed by atoms with Crippen molar-refractivity contribution in [3.05, 3.63) is 54.6 Å². The molecule has 0 bridgehead atoms. The van der Waals surface area contributed by atoms with Gasteiger partial charge in [0.1, 0.15) is 0 Å². The third kappa shape index (κ3) is 4.31. The van der Waals surface area contributed by atoms with Crippen LogP contribution in [0.15, 0.2) is 59.5 Å². The van der Waals surface area contributed by atoms with E-state index < -0.39 is 10.0 Å². The molecular formula is C19H21N7O3S. The SMILES string of the molecule is NS(=O)(=O)c1ccc(NC(=O)C2CCN(c3nnnn3-c3ccccc3)CC2)cc1. The molecular weight excluding hydrogens is 406 g/mol. The molecule has 156 valence electrons. The van der Waals surface area contributed by atoms with E-state index in [4.69, 9.17) is 5.14 Å². The zero-order chi connectivity index (χ0) is 21.1. The number of para-hydroxylation sites is 1. The molecule has 10 nitrogen and oxygen atoms in total. The highest BCUT2D eigenvalue weighted by Gasteiger charge is 2.28. The summed E-state index contributed by atoms with van der Waals surface area (Å²) in [6, 6.07) is 15.4. The Morgan fingerprint density at radius 1 is 1.03 bits per heavy atom. The number of carbonyl (C=O) groups is 1. The van der Waals surface area contributed by atoms with Crippen molar-refractivity contribution in [2.75, 3.05) is 23.3 Å². The zero-order valence-electron chi connectivity index (χ0n) is 16.0. The van der Waals surface area contributed by atoms with Gasteiger partial charge in [0, 0.05) is 24.7 Å². The van der Waals surface area contributed by atoms with Crippen molar-refractivity contribution < 1.29 is 13.2 Å². The number of benzene rings is 2. The topological polar surface area (TPSA) is 136 Å². The normalized spacial score (nSPS) is 15.2. The van der Waals surface area contributed by atoms with E-state index in [0.29, 0.717) is 37.6 Å². The summed E-state index contributed by atoms with van der Waals surface area (Å²) in [5.74, 6) is 0.402. The summed E-state index contributed by atoms with van der Waals surface area (Å²) in [5, 5.41) is 20.0. The Morgan fingerprint density at radius 3 is 2.33 bits per heavy atom. The van der Waals surface area contributed by atoms with E-state index in [1.54, 1.807) is 4.68 Å². The van der Waals surface area contributed by atoms with Crippen molar-refractivity contribution in [2.24, 2.45) is 11.1 Å². The molecule has 1 aliphatic heterocycles. The number of piperidine rings is 1. The van der Waals surface area contributed by atoms with Crippen LogP contribution in [0, 0.1) is 5.92 Å². The maximum absolute atomic E-state index is 12.6. The fourth-order valence-corrected chi connectivity index (χ4v) is 3.95. The van der Waals surface area contributed by atoms with Gasteiger partial charge in [-0.25, -0.2) is 13.6 Å². The maximum Gasteiger partial charge on any atom is 0.250 e. The Kier molecular flexibility index (Phi) is 5.46. The molecule has 0 atom stereocenters. The maximum atomic E-state index is 12.6. The summed E-state index contributed by atoms with van der Waals surface area (Å²) >= 11 is 0. The van der Waals surface area contributed by atoms with Crippen molar-refractivity contribution in [2.45, 2.75) is 17.7 Å². The van der Waals surface area contributed by atoms with Gasteiger partial charge in [-0.15, -0.1) is 0 Å². The molecule has 30 heavy (non-hydrogen) atoms. The minimum atomic E-state index is -3.76. The van der Waals surface area contributed by atoms with Crippen LogP contribution in [-0.2, 0) is 14.8 Å². The second-order valence-corrected chi connectivity index (χ2v) is 8.61. The van der Waals surface area contributed by atoms with Gasteiger partial charge >= 0.3 is 0 Å². The highest BCUT2D eigenvalue weighted by Crippen LogP contribution is 2.24. The number of nitrogens with zero attached hydrogens (tertiary/aromatic N) is 5. The molecule has 2 aromatic carbocycles. The van der Waals surface area contributed by atoms with Gasteiger partial charge in [-0.05, 0) is 59.7 Å². The van der Waals surface area contributed by atoms with Crippen LogP contribution in [0.25, 0.3) is 5.69 Å². The number of hydrogen-bond acceptors (Lipinski definition) is 7. The Balaban J connectivity index is 1.37. The largest absolute Gasteiger partial charge is 0.339 e. The van der Waals surface area contributed by atoms with Gasteiger partial charge < -0.3 is 10.2 Å². The average Bonchev–Trinajstić information content (AvgIpc) is 3.24. The molecule has 1 aromatic heterocycles. The first-order chi connectivity index (χ1) is 14.4. The summed E-state index contributed by atoms with van der Waals surface area (Å²) in [5.41, 5.74) is 1.41. The third-order valence-corrected chi connectivity index (χ3v) is 5.98. The van der Waals surface area contributed by atoms with E-state index in [0.717, 1.165) is 5.69 Å². The molecule has 2 heterocycles. The van der Waals surface area contributed by atoms with Gasteiger partial charge in [0.15, 0.2) is 0 Å². The van der Waals surface area contributed by atoms with Crippen molar-refractivity contribution in [1.82, 2.24) is 20.2 Å². The lowest BCUT2D eigenvalue weighted by Gasteiger charge is -2.31. The molecule has 0 spiro atoms. The molecule has 1 saturated heterocycles. The monoisotopic (exact) mass is 427 g/mol. The number of nitrogens with one attached hydrogen (secondary N) is 1. The van der Waals surface area contributed by atoms with Crippen LogP contribution in [0.5, 0.6) is 0 Å². The second-order valence-electron chi connectivity index (χ2n) is 7.05. The Hall–Kier alpha value is -3.31. The van der Waals surface area contributed by atoms with Gasteiger partial charge in [0.2, 0.25) is 21.9 Å². The van der Waals surface area contributed by atoms with Crippen molar-refractivity contribution in [1.29, 1.82) is 0 Å². The Morgan fingerprint density at radius 2 is 1.70 bits per heavy atom. The molecule has 1 fully saturated rings. The van der Waals surface area contributed by atoms with Crippen molar-refractivity contribution in [3.63, 3.8) is 0 Å². The quantitative estimate of drug-likeness (QED) is 0.623. The smallest absolute Gasteiger partial charge is 0.250 e. The van der Waals surface area contributed by atoms with E-state index in [9.17, 15) is 13.2 Å². The van der Waals surface area contributed by atoms with Crippen molar-refractivity contribution in [3.8, 4) is 5.69 Å². The lowest BCUT2D eigenvalue weighted by atomic mass is 9.96. The number of amides is 1. The molecule has 11 heteroatoms. The predicted molar refractivity (Wildman–Crippen MR) is 111 cm³/mol. The van der Waals surface area contributed by atoms with Crippen LogP contribution in [0.1, 0.15) is 12.8 Å². The minimum Gasteiger partial charge on any atom is -0.339 e. The third-order valence-electron chi connectivity index (χ3n) is 5.05. The molecule has 0 radical (unpaired) electrons. The summed E-state index contributed by atoms with van der Waals surface area (Å²) in [7, 11) is -3.76. The number of aromatic nitrogens is 4. The number of carbonyl (C=O) groups excluding carboxylic acids is 1. The molecule has 3 aromatic rings. The Bertz CT molecular complexity index is 1120. The molecule has 0 aliphatic carbocycles. The molecule has 1 amide bonds. The van der Waals surface area contributed by atoms with Crippen LogP contribution in [-0.4, -0.2) is 47.6 Å². The zero-order valence-corrected chi connectivity index (χ0v) is 16.9. The fraction of sp³-hybridized carbons (Fsp3) is 0.263. The summed E-state index contributed by atoms with van der Waals surface area (Å²) in [4.78, 5) is 14.7. The van der Waals surface area contributed by atoms with Gasteiger partial charge in [-0.3, -0.25) is 4.79 Å². The summed E-state index contributed by atoms with van der Waals surface area (Å²) < 4.78 is 24.3. The molecule has 0 saturated carbocycles. The highest BCUT2D eigenvalue weighted by atomic mass is 32.2. The lowest BCUT2D eigenvalue weighted by molar-refractivity contribution is -0.120. The number of rotatable bonds is 5. The van der Waals surface area contributed by atoms with Crippen LogP contribution < -0.4 is 15.4 Å². The van der Waals surface area contributed by atoms with E-state index in [2.05, 4.69) is 25.7 Å². The van der Waals surface area contributed by atoms with Crippen LogP contribution in [0.4, 0.5) is 11.6 Å². The van der Waals surface area contributed by atoms with E-state index >= 15 is 0 Å². The predicted octanol–water partition coefficient (Wildman–Crippen LogP) is 1.16. The molecule has 0 unspecified atom stereocenters. The first-order valence-corrected chi connectivity index (χ1v) is 11.0. The van der Waals surface area contributed by atoms with Gasteiger partial charge in [-0.2, -0.15) is 4.68 Å². The lowest BCUT2D eigenvalue weighted by Crippen LogP contribution is -2.39. The van der Waals surface area contributed by atoms with Gasteiger partial charge in [0.25, 0.3) is 0 Å². The van der Waals surface area contributed by atoms with Crippen LogP contribution >= 0.6 is 0 Å². The molecule has 3 N–H and O–H groups in total. The number of hydrogen-bond donors (Lipinski definition) is 2. The van der Waals surface area contributed by atoms with Crippen LogP contribution in [0.2, 0.25) is 0 Å². The number of nitrogens with two attached hydrogens (primary N) is 1. The first-order valence-electron chi connectivity index (χ1n) is 9.44. The van der Waals surface area contributed by atoms with Crippen molar-refractivity contribution >= 4 is 27.6 Å². The average molecular weight is 427 g/mol. The Labute approximate surface area is 173 Å². The standard InChI is InChI=1S/C19H21N7O3S/c20-30(28,29)17-8-6-15(7-9-17)21-18(27)14-10-12-25(13-11-14)19-22-23-24-26(19)16-4-2-1-3-5-16/h1-9,14H,10-13H2,(H,21,27)(H2,20,28,29). The highest BCUT2D eigenvalue weighted by molar-refractivity contribution is 7.89. The number of tetrazole rings is 1. The van der Waals surface area contributed by atoms with E-state index in [1.165, 1.54) is 24.3 Å².